The third-order valence-corrected chi connectivity index (χ3v) is 2.54. The van der Waals surface area contributed by atoms with Gasteiger partial charge < -0.3 is 25.8 Å². The molecule has 0 bridgehead atoms. The number of rotatable bonds is 3. The van der Waals surface area contributed by atoms with E-state index in [4.69, 9.17) is 15.6 Å². The van der Waals surface area contributed by atoms with Crippen LogP contribution in [0.1, 0.15) is 16.7 Å². The number of primary amides is 1. The molecule has 2 heterocycles. The number of carbonyl (C=O) groups excluding carboxylic acids is 1. The third kappa shape index (κ3) is 2.00. The monoisotopic (exact) mass is 244 g/mol. The van der Waals surface area contributed by atoms with Crippen LogP contribution in [0.5, 0.6) is 0 Å². The lowest BCUT2D eigenvalue weighted by Crippen LogP contribution is -2.33. The lowest BCUT2D eigenvalue weighted by molar-refractivity contribution is -0.0594. The molecule has 0 saturated carbocycles. The van der Waals surface area contributed by atoms with Gasteiger partial charge in [0.1, 0.15) is 18.3 Å². The Bertz CT molecular complexity index is 422. The molecule has 1 aromatic rings. The molecule has 1 saturated heterocycles. The number of hydrogen-bond donors (Lipinski definition) is 4. The van der Waals surface area contributed by atoms with E-state index < -0.39 is 37.1 Å². The van der Waals surface area contributed by atoms with Crippen molar-refractivity contribution < 1.29 is 24.9 Å². The van der Waals surface area contributed by atoms with Crippen LogP contribution in [0.25, 0.3) is 0 Å². The summed E-state index contributed by atoms with van der Waals surface area (Å²) < 4.78 is 6.25. The first-order valence-electron chi connectivity index (χ1n) is 4.88. The highest BCUT2D eigenvalue weighted by Crippen LogP contribution is 2.28. The summed E-state index contributed by atoms with van der Waals surface area (Å²) in [7, 11) is 0. The summed E-state index contributed by atoms with van der Waals surface area (Å²) in [6.07, 6.45) is -3.22. The minimum atomic E-state index is -1.27. The van der Waals surface area contributed by atoms with Crippen molar-refractivity contribution in [2.24, 2.45) is 5.73 Å². The lowest BCUT2D eigenvalue weighted by Gasteiger charge is -2.13. The molecule has 0 aliphatic carbocycles. The van der Waals surface area contributed by atoms with Crippen molar-refractivity contribution in [2.75, 3.05) is 6.61 Å². The van der Waals surface area contributed by atoms with E-state index in [9.17, 15) is 15.0 Å². The minimum absolute atomic E-state index is 0.0808. The molecular formula is C8H12N4O5. The van der Waals surface area contributed by atoms with Crippen LogP contribution in [0.2, 0.25) is 0 Å². The number of nitrogens with two attached hydrogens (primary N) is 1. The zero-order chi connectivity index (χ0) is 12.6. The van der Waals surface area contributed by atoms with E-state index in [2.05, 4.69) is 10.3 Å². The summed E-state index contributed by atoms with van der Waals surface area (Å²) in [6, 6.07) is 0. The quantitative estimate of drug-likeness (QED) is 0.443. The second kappa shape index (κ2) is 4.37. The fourth-order valence-corrected chi connectivity index (χ4v) is 1.61. The second-order valence-electron chi connectivity index (χ2n) is 3.68. The molecule has 5 N–H and O–H groups in total. The van der Waals surface area contributed by atoms with Crippen LogP contribution in [-0.2, 0) is 4.74 Å². The van der Waals surface area contributed by atoms with E-state index in [-0.39, 0.29) is 5.69 Å². The van der Waals surface area contributed by atoms with Gasteiger partial charge in [-0.15, -0.1) is 5.10 Å². The predicted octanol–water partition coefficient (Wildman–Crippen LogP) is -3.01. The minimum Gasteiger partial charge on any atom is -0.394 e. The van der Waals surface area contributed by atoms with Gasteiger partial charge in [-0.05, 0) is 0 Å². The van der Waals surface area contributed by atoms with Gasteiger partial charge in [-0.1, -0.05) is 5.21 Å². The van der Waals surface area contributed by atoms with Crippen molar-refractivity contribution in [2.45, 2.75) is 24.5 Å². The van der Waals surface area contributed by atoms with Crippen molar-refractivity contribution in [3.8, 4) is 0 Å². The molecular weight excluding hydrogens is 232 g/mol. The van der Waals surface area contributed by atoms with Gasteiger partial charge in [-0.3, -0.25) is 4.79 Å². The molecule has 0 spiro atoms. The highest BCUT2D eigenvalue weighted by molar-refractivity contribution is 5.90. The lowest BCUT2D eigenvalue weighted by atomic mass is 10.1. The molecule has 1 aliphatic rings. The maximum atomic E-state index is 10.8. The summed E-state index contributed by atoms with van der Waals surface area (Å²) >= 11 is 0. The first-order valence-corrected chi connectivity index (χ1v) is 4.88. The van der Waals surface area contributed by atoms with Gasteiger partial charge in [0.25, 0.3) is 5.91 Å². The van der Waals surface area contributed by atoms with Gasteiger partial charge in [0.2, 0.25) is 0 Å². The highest BCUT2D eigenvalue weighted by atomic mass is 16.6. The van der Waals surface area contributed by atoms with Crippen LogP contribution in [0, 0.1) is 0 Å². The first kappa shape index (κ1) is 11.9. The number of amides is 1. The molecule has 4 unspecified atom stereocenters. The third-order valence-electron chi connectivity index (χ3n) is 2.54. The molecule has 1 fully saturated rings. The van der Waals surface area contributed by atoms with Crippen LogP contribution < -0.4 is 5.73 Å². The van der Waals surface area contributed by atoms with E-state index in [1.807, 2.05) is 0 Å². The second-order valence-corrected chi connectivity index (χ2v) is 3.68. The molecule has 0 radical (unpaired) electrons. The van der Waals surface area contributed by atoms with Crippen molar-refractivity contribution in [1.82, 2.24) is 15.0 Å². The average molecular weight is 244 g/mol. The molecule has 1 amide bonds. The normalized spacial score (nSPS) is 32.9. The molecule has 4 atom stereocenters. The Morgan fingerprint density at radius 1 is 1.53 bits per heavy atom. The van der Waals surface area contributed by atoms with Crippen LogP contribution in [0.15, 0.2) is 6.20 Å². The number of carbonyl (C=O) groups is 1. The van der Waals surface area contributed by atoms with E-state index in [1.54, 1.807) is 0 Å². The largest absolute Gasteiger partial charge is 0.394 e. The van der Waals surface area contributed by atoms with Crippen LogP contribution in [-0.4, -0.2) is 61.1 Å². The van der Waals surface area contributed by atoms with Crippen molar-refractivity contribution >= 4 is 5.91 Å². The SMILES string of the molecule is NC(=O)c1cn(C2OC(CO)C(O)C2O)nn1. The topological polar surface area (TPSA) is 144 Å². The van der Waals surface area contributed by atoms with Gasteiger partial charge in [0.05, 0.1) is 12.8 Å². The van der Waals surface area contributed by atoms with Gasteiger partial charge in [-0.25, -0.2) is 4.68 Å². The zero-order valence-electron chi connectivity index (χ0n) is 8.67. The number of hydrogen-bond acceptors (Lipinski definition) is 7. The van der Waals surface area contributed by atoms with Crippen molar-refractivity contribution in [3.63, 3.8) is 0 Å². The van der Waals surface area contributed by atoms with E-state index in [1.165, 1.54) is 6.20 Å². The average Bonchev–Trinajstić information content (AvgIpc) is 2.87. The van der Waals surface area contributed by atoms with Gasteiger partial charge in [-0.2, -0.15) is 0 Å². The maximum Gasteiger partial charge on any atom is 0.270 e. The standard InChI is InChI=1S/C8H12N4O5/c9-7(16)3-1-12(11-10-3)8-6(15)5(14)4(2-13)17-8/h1,4-6,8,13-15H,2H2,(H2,9,16). The molecule has 2 rings (SSSR count). The van der Waals surface area contributed by atoms with E-state index in [0.29, 0.717) is 0 Å². The first-order chi connectivity index (χ1) is 8.04. The number of aromatic nitrogens is 3. The summed E-state index contributed by atoms with van der Waals surface area (Å²) in [4.78, 5) is 10.8. The van der Waals surface area contributed by atoms with Gasteiger partial charge in [0, 0.05) is 0 Å². The van der Waals surface area contributed by atoms with Gasteiger partial charge >= 0.3 is 0 Å². The molecule has 9 nitrogen and oxygen atoms in total. The Hall–Kier alpha value is -1.55. The Labute approximate surface area is 95.4 Å². The number of aliphatic hydroxyl groups is 3. The number of ether oxygens (including phenoxy) is 1. The fourth-order valence-electron chi connectivity index (χ4n) is 1.61. The molecule has 1 aromatic heterocycles. The maximum absolute atomic E-state index is 10.8. The van der Waals surface area contributed by atoms with Crippen molar-refractivity contribution in [1.29, 1.82) is 0 Å². The molecule has 0 aromatic carbocycles. The predicted molar refractivity (Wildman–Crippen MR) is 51.5 cm³/mol. The van der Waals surface area contributed by atoms with E-state index >= 15 is 0 Å². The fraction of sp³-hybridized carbons (Fsp3) is 0.625. The Morgan fingerprint density at radius 3 is 2.71 bits per heavy atom. The molecule has 9 heteroatoms. The van der Waals surface area contributed by atoms with E-state index in [0.717, 1.165) is 4.68 Å². The van der Waals surface area contributed by atoms with Crippen LogP contribution in [0.4, 0.5) is 0 Å². The molecule has 17 heavy (non-hydrogen) atoms. The van der Waals surface area contributed by atoms with Crippen molar-refractivity contribution in [3.05, 3.63) is 11.9 Å². The number of nitrogens with zero attached hydrogens (tertiary/aromatic N) is 3. The van der Waals surface area contributed by atoms with Crippen LogP contribution in [0.3, 0.4) is 0 Å². The summed E-state index contributed by atoms with van der Waals surface area (Å²) in [5.74, 6) is -0.761. The smallest absolute Gasteiger partial charge is 0.270 e. The number of aliphatic hydroxyl groups excluding tert-OH is 3. The molecule has 94 valence electrons. The Morgan fingerprint density at radius 2 is 2.24 bits per heavy atom. The summed E-state index contributed by atoms with van der Waals surface area (Å²) in [6.45, 7) is -0.438. The summed E-state index contributed by atoms with van der Waals surface area (Å²) in [5.41, 5.74) is 4.91. The van der Waals surface area contributed by atoms with Crippen LogP contribution >= 0.6 is 0 Å². The Kier molecular flexibility index (Phi) is 3.07. The van der Waals surface area contributed by atoms with Gasteiger partial charge in [0.15, 0.2) is 11.9 Å². The summed E-state index contributed by atoms with van der Waals surface area (Å²) in [5, 5.41) is 35.1. The molecule has 1 aliphatic heterocycles. The zero-order valence-corrected chi connectivity index (χ0v) is 8.67. The highest BCUT2D eigenvalue weighted by Gasteiger charge is 2.44. The Balaban J connectivity index is 2.19.